The molecule has 1 aliphatic rings. The molecule has 2 heterocycles. The molecule has 276 valence electrons. The molecule has 0 N–H and O–H groups in total. The van der Waals surface area contributed by atoms with Gasteiger partial charge in [0, 0.05) is 27.0 Å². The fourth-order valence-electron chi connectivity index (χ4n) is 10.5. The molecule has 0 saturated carbocycles. The van der Waals surface area contributed by atoms with Crippen LogP contribution in [-0.2, 0) is 5.41 Å². The summed E-state index contributed by atoms with van der Waals surface area (Å²) >= 11 is 0. The molecule has 0 amide bonds. The molecular formula is C57H36O2. The Morgan fingerprint density at radius 2 is 0.712 bits per heavy atom. The van der Waals surface area contributed by atoms with Gasteiger partial charge in [0.05, 0.1) is 0 Å². The van der Waals surface area contributed by atoms with Crippen LogP contribution in [0, 0.1) is 0 Å². The second kappa shape index (κ2) is 11.8. The molecule has 0 radical (unpaired) electrons. The molecule has 0 spiro atoms. The Kier molecular flexibility index (Phi) is 6.54. The van der Waals surface area contributed by atoms with Gasteiger partial charge in [0.15, 0.2) is 11.2 Å². The average molecular weight is 753 g/mol. The fraction of sp³-hybridized carbons (Fsp3) is 0.0526. The fourth-order valence-corrected chi connectivity index (χ4v) is 10.5. The summed E-state index contributed by atoms with van der Waals surface area (Å²) in [6.07, 6.45) is 0. The van der Waals surface area contributed by atoms with E-state index in [0.717, 1.165) is 49.4 Å². The zero-order valence-electron chi connectivity index (χ0n) is 32.6. The van der Waals surface area contributed by atoms with Crippen molar-refractivity contribution in [3.05, 3.63) is 193 Å². The van der Waals surface area contributed by atoms with Crippen molar-refractivity contribution in [2.75, 3.05) is 0 Å². The Bertz CT molecular complexity index is 3730. The third kappa shape index (κ3) is 4.52. The molecule has 12 aromatic rings. The van der Waals surface area contributed by atoms with Gasteiger partial charge in [-0.25, -0.2) is 0 Å². The first-order valence-corrected chi connectivity index (χ1v) is 20.5. The van der Waals surface area contributed by atoms with E-state index < -0.39 is 0 Å². The molecule has 13 rings (SSSR count). The average Bonchev–Trinajstić information content (AvgIpc) is 3.93. The summed E-state index contributed by atoms with van der Waals surface area (Å²) in [7, 11) is 0. The van der Waals surface area contributed by atoms with Crippen LogP contribution in [0.1, 0.15) is 25.0 Å². The summed E-state index contributed by atoms with van der Waals surface area (Å²) in [5.41, 5.74) is 15.8. The van der Waals surface area contributed by atoms with E-state index in [9.17, 15) is 0 Å². The SMILES string of the molecule is CC1(C)c2ccccc2-c2c(-c3ccc4oc5c(ccc6c7cc(-c8ccccc8-c8ccc9c%10ccccc%10c%10ccccc%10c9c8)ccc7oc65)c4c3)cccc21. The molecule has 10 aromatic carbocycles. The van der Waals surface area contributed by atoms with E-state index in [1.807, 2.05) is 0 Å². The van der Waals surface area contributed by atoms with E-state index in [2.05, 4.69) is 196 Å². The summed E-state index contributed by atoms with van der Waals surface area (Å²) in [6.45, 7) is 4.67. The van der Waals surface area contributed by atoms with Gasteiger partial charge in [-0.3, -0.25) is 0 Å². The molecule has 1 aliphatic carbocycles. The van der Waals surface area contributed by atoms with Gasteiger partial charge in [-0.05, 0) is 130 Å². The lowest BCUT2D eigenvalue weighted by Gasteiger charge is -2.21. The minimum atomic E-state index is -0.0509. The molecule has 0 fully saturated rings. The highest BCUT2D eigenvalue weighted by molar-refractivity contribution is 6.26. The lowest BCUT2D eigenvalue weighted by atomic mass is 9.82. The molecular weight excluding hydrogens is 717 g/mol. The monoisotopic (exact) mass is 752 g/mol. The highest BCUT2D eigenvalue weighted by Crippen LogP contribution is 2.52. The molecule has 2 heteroatoms. The van der Waals surface area contributed by atoms with Crippen LogP contribution in [0.25, 0.3) is 121 Å². The Labute approximate surface area is 340 Å². The van der Waals surface area contributed by atoms with Crippen molar-refractivity contribution >= 4 is 76.2 Å². The van der Waals surface area contributed by atoms with Crippen LogP contribution >= 0.6 is 0 Å². The molecule has 2 aromatic heterocycles. The van der Waals surface area contributed by atoms with E-state index in [-0.39, 0.29) is 5.41 Å². The highest BCUT2D eigenvalue weighted by atomic mass is 16.4. The van der Waals surface area contributed by atoms with Gasteiger partial charge in [-0.2, -0.15) is 0 Å². The first kappa shape index (κ1) is 32.6. The number of fused-ring (bicyclic) bond motifs is 16. The van der Waals surface area contributed by atoms with Gasteiger partial charge in [-0.15, -0.1) is 0 Å². The lowest BCUT2D eigenvalue weighted by Crippen LogP contribution is -2.14. The van der Waals surface area contributed by atoms with Crippen LogP contribution in [0.15, 0.2) is 191 Å². The van der Waals surface area contributed by atoms with E-state index >= 15 is 0 Å². The summed E-state index contributed by atoms with van der Waals surface area (Å²) in [6, 6.07) is 66.5. The lowest BCUT2D eigenvalue weighted by molar-refractivity contribution is 0.633. The van der Waals surface area contributed by atoms with Crippen molar-refractivity contribution in [2.24, 2.45) is 0 Å². The minimum Gasteiger partial charge on any atom is -0.452 e. The molecule has 59 heavy (non-hydrogen) atoms. The topological polar surface area (TPSA) is 26.3 Å². The van der Waals surface area contributed by atoms with Crippen molar-refractivity contribution in [2.45, 2.75) is 19.3 Å². The molecule has 0 saturated heterocycles. The van der Waals surface area contributed by atoms with Crippen molar-refractivity contribution < 1.29 is 8.83 Å². The quantitative estimate of drug-likeness (QED) is 0.168. The van der Waals surface area contributed by atoms with Crippen LogP contribution in [0.3, 0.4) is 0 Å². The highest BCUT2D eigenvalue weighted by Gasteiger charge is 2.36. The Morgan fingerprint density at radius 3 is 1.31 bits per heavy atom. The number of rotatable bonds is 3. The Morgan fingerprint density at radius 1 is 0.305 bits per heavy atom. The van der Waals surface area contributed by atoms with Gasteiger partial charge in [0.2, 0.25) is 0 Å². The number of furan rings is 2. The standard InChI is InChI=1S/C57H36O2/c1-57(2)50-20-10-9-18-46(50)54-38(19-11-21-51(54)57)35-24-29-53-49(32-35)45-27-26-44-48-31-34(23-28-52(48)58-55(44)56(45)59-53)37-13-4-3-12-36(37)33-22-25-43-41-16-6-5-14-39(41)40-15-7-8-17-42(40)47(43)30-33/h3-32H,1-2H3. The number of hydrogen-bond acceptors (Lipinski definition) is 2. The third-order valence-electron chi connectivity index (χ3n) is 13.3. The summed E-state index contributed by atoms with van der Waals surface area (Å²) in [4.78, 5) is 0. The molecule has 0 unspecified atom stereocenters. The minimum absolute atomic E-state index is 0.0509. The van der Waals surface area contributed by atoms with Crippen molar-refractivity contribution in [1.82, 2.24) is 0 Å². The zero-order chi connectivity index (χ0) is 39.0. The largest absolute Gasteiger partial charge is 0.452 e. The van der Waals surface area contributed by atoms with Gasteiger partial charge >= 0.3 is 0 Å². The maximum atomic E-state index is 6.67. The Hall–Kier alpha value is -7.42. The van der Waals surface area contributed by atoms with Gasteiger partial charge < -0.3 is 8.83 Å². The first-order valence-electron chi connectivity index (χ1n) is 20.5. The zero-order valence-corrected chi connectivity index (χ0v) is 32.6. The molecule has 0 atom stereocenters. The third-order valence-corrected chi connectivity index (χ3v) is 13.3. The van der Waals surface area contributed by atoms with E-state index in [4.69, 9.17) is 8.83 Å². The molecule has 0 bridgehead atoms. The van der Waals surface area contributed by atoms with Crippen molar-refractivity contribution in [1.29, 1.82) is 0 Å². The van der Waals surface area contributed by atoms with Gasteiger partial charge in [-0.1, -0.05) is 153 Å². The van der Waals surface area contributed by atoms with E-state index in [0.29, 0.717) is 0 Å². The van der Waals surface area contributed by atoms with Crippen LogP contribution in [0.2, 0.25) is 0 Å². The van der Waals surface area contributed by atoms with Crippen molar-refractivity contribution in [3.8, 4) is 44.5 Å². The normalized spacial score (nSPS) is 13.4. The Balaban J connectivity index is 0.938. The van der Waals surface area contributed by atoms with Crippen LogP contribution in [0.4, 0.5) is 0 Å². The summed E-state index contributed by atoms with van der Waals surface area (Å²) in [5, 5.41) is 12.0. The van der Waals surface area contributed by atoms with Crippen molar-refractivity contribution in [3.63, 3.8) is 0 Å². The number of hydrogen-bond donors (Lipinski definition) is 0. The van der Waals surface area contributed by atoms with Crippen LogP contribution in [-0.4, -0.2) is 0 Å². The van der Waals surface area contributed by atoms with Gasteiger partial charge in [0.1, 0.15) is 11.2 Å². The summed E-state index contributed by atoms with van der Waals surface area (Å²) in [5.74, 6) is 0. The number of benzene rings is 10. The van der Waals surface area contributed by atoms with Crippen LogP contribution in [0.5, 0.6) is 0 Å². The van der Waals surface area contributed by atoms with Crippen LogP contribution < -0.4 is 0 Å². The van der Waals surface area contributed by atoms with E-state index in [1.165, 1.54) is 82.4 Å². The van der Waals surface area contributed by atoms with Gasteiger partial charge in [0.25, 0.3) is 0 Å². The summed E-state index contributed by atoms with van der Waals surface area (Å²) < 4.78 is 13.3. The first-order chi connectivity index (χ1) is 29.0. The maximum absolute atomic E-state index is 6.67. The maximum Gasteiger partial charge on any atom is 0.178 e. The second-order valence-electron chi connectivity index (χ2n) is 16.7. The predicted octanol–water partition coefficient (Wildman–Crippen LogP) is 16.3. The predicted molar refractivity (Wildman–Crippen MR) is 247 cm³/mol. The smallest absolute Gasteiger partial charge is 0.178 e. The molecule has 0 aliphatic heterocycles. The van der Waals surface area contributed by atoms with E-state index in [1.54, 1.807) is 0 Å². The molecule has 2 nitrogen and oxygen atoms in total. The second-order valence-corrected chi connectivity index (χ2v) is 16.7.